The quantitative estimate of drug-likeness (QED) is 0.528. The van der Waals surface area contributed by atoms with Gasteiger partial charge in [0.05, 0.1) is 10.6 Å². The molecule has 0 unspecified atom stereocenters. The molecule has 19 heavy (non-hydrogen) atoms. The second-order valence-corrected chi connectivity index (χ2v) is 5.93. The second kappa shape index (κ2) is 6.59. The van der Waals surface area contributed by atoms with Gasteiger partial charge in [-0.15, -0.1) is 0 Å². The first-order valence-corrected chi connectivity index (χ1v) is 7.25. The molecule has 0 saturated carbocycles. The Labute approximate surface area is 134 Å². The van der Waals surface area contributed by atoms with Crippen LogP contribution >= 0.6 is 45.8 Å². The zero-order valence-electron chi connectivity index (χ0n) is 9.70. The summed E-state index contributed by atoms with van der Waals surface area (Å²) >= 11 is 14.1. The van der Waals surface area contributed by atoms with Crippen molar-refractivity contribution in [3.05, 3.63) is 61.1 Å². The van der Waals surface area contributed by atoms with Crippen LogP contribution in [0.5, 0.6) is 5.75 Å². The third-order valence-electron chi connectivity index (χ3n) is 2.46. The fraction of sp³-hybridized carbons (Fsp3) is 0.0714. The van der Waals surface area contributed by atoms with Crippen LogP contribution in [0.1, 0.15) is 15.9 Å². The standard InChI is InChI=1S/C14H9Cl2IO2/c15-11-5-10(7-18)14(13(16)6-11)19-8-9-1-3-12(17)4-2-9/h1-7H,8H2. The topological polar surface area (TPSA) is 26.3 Å². The van der Waals surface area contributed by atoms with Crippen LogP contribution < -0.4 is 4.74 Å². The van der Waals surface area contributed by atoms with Crippen molar-refractivity contribution in [1.29, 1.82) is 0 Å². The summed E-state index contributed by atoms with van der Waals surface area (Å²) < 4.78 is 6.77. The average Bonchev–Trinajstić information content (AvgIpc) is 2.39. The van der Waals surface area contributed by atoms with Gasteiger partial charge in [-0.25, -0.2) is 0 Å². The summed E-state index contributed by atoms with van der Waals surface area (Å²) in [6.07, 6.45) is 0.682. The first-order chi connectivity index (χ1) is 9.10. The Kier molecular flexibility index (Phi) is 5.07. The molecular weight excluding hydrogens is 398 g/mol. The van der Waals surface area contributed by atoms with E-state index in [0.717, 1.165) is 9.13 Å². The second-order valence-electron chi connectivity index (χ2n) is 3.84. The number of carbonyl (C=O) groups is 1. The van der Waals surface area contributed by atoms with Gasteiger partial charge in [-0.2, -0.15) is 0 Å². The zero-order valence-corrected chi connectivity index (χ0v) is 13.4. The molecule has 0 aromatic heterocycles. The predicted octanol–water partition coefficient (Wildman–Crippen LogP) is 4.99. The molecule has 0 bridgehead atoms. The molecule has 0 atom stereocenters. The van der Waals surface area contributed by atoms with Crippen molar-refractivity contribution >= 4 is 52.1 Å². The number of rotatable bonds is 4. The van der Waals surface area contributed by atoms with E-state index < -0.39 is 0 Å². The highest BCUT2D eigenvalue weighted by molar-refractivity contribution is 14.1. The molecule has 0 fully saturated rings. The number of aldehydes is 1. The molecule has 98 valence electrons. The number of benzene rings is 2. The summed E-state index contributed by atoms with van der Waals surface area (Å²) in [5.74, 6) is 0.361. The fourth-order valence-electron chi connectivity index (χ4n) is 1.56. The van der Waals surface area contributed by atoms with Crippen LogP contribution in [0.25, 0.3) is 0 Å². The molecule has 0 aliphatic heterocycles. The molecule has 0 heterocycles. The summed E-state index contributed by atoms with van der Waals surface area (Å²) in [4.78, 5) is 11.0. The summed E-state index contributed by atoms with van der Waals surface area (Å²) in [5, 5.41) is 0.744. The Bertz CT molecular complexity index is 597. The van der Waals surface area contributed by atoms with E-state index in [4.69, 9.17) is 27.9 Å². The number of carbonyl (C=O) groups excluding carboxylic acids is 1. The zero-order chi connectivity index (χ0) is 13.8. The lowest BCUT2D eigenvalue weighted by Gasteiger charge is -2.11. The van der Waals surface area contributed by atoms with Gasteiger partial charge < -0.3 is 4.74 Å². The van der Waals surface area contributed by atoms with E-state index in [1.165, 1.54) is 6.07 Å². The predicted molar refractivity (Wildman–Crippen MR) is 85.3 cm³/mol. The van der Waals surface area contributed by atoms with Gasteiger partial charge in [-0.3, -0.25) is 4.79 Å². The molecule has 0 amide bonds. The van der Waals surface area contributed by atoms with E-state index in [1.807, 2.05) is 24.3 Å². The molecule has 0 N–H and O–H groups in total. The molecule has 2 aromatic rings. The van der Waals surface area contributed by atoms with Gasteiger partial charge in [0.1, 0.15) is 12.4 Å². The highest BCUT2D eigenvalue weighted by atomic mass is 127. The Morgan fingerprint density at radius 2 is 1.84 bits per heavy atom. The molecule has 2 nitrogen and oxygen atoms in total. The molecule has 2 rings (SSSR count). The summed E-state index contributed by atoms with van der Waals surface area (Å²) in [6, 6.07) is 11.0. The first-order valence-electron chi connectivity index (χ1n) is 5.41. The molecule has 5 heteroatoms. The third-order valence-corrected chi connectivity index (χ3v) is 3.68. The van der Waals surface area contributed by atoms with Crippen LogP contribution in [-0.4, -0.2) is 6.29 Å². The molecule has 0 saturated heterocycles. The minimum absolute atomic E-state index is 0.333. The van der Waals surface area contributed by atoms with Gasteiger partial charge in [-0.05, 0) is 52.4 Å². The van der Waals surface area contributed by atoms with Gasteiger partial charge in [0.15, 0.2) is 6.29 Å². The maximum absolute atomic E-state index is 11.0. The number of hydrogen-bond acceptors (Lipinski definition) is 2. The van der Waals surface area contributed by atoms with Crippen molar-refractivity contribution in [3.8, 4) is 5.75 Å². The molecular formula is C14H9Cl2IO2. The maximum atomic E-state index is 11.0. The first kappa shape index (κ1) is 14.6. The van der Waals surface area contributed by atoms with Gasteiger partial charge in [0.25, 0.3) is 0 Å². The smallest absolute Gasteiger partial charge is 0.153 e. The highest BCUT2D eigenvalue weighted by Crippen LogP contribution is 2.32. The van der Waals surface area contributed by atoms with E-state index in [0.29, 0.717) is 34.3 Å². The van der Waals surface area contributed by atoms with Gasteiger partial charge in [-0.1, -0.05) is 35.3 Å². The lowest BCUT2D eigenvalue weighted by atomic mass is 10.2. The average molecular weight is 407 g/mol. The van der Waals surface area contributed by atoms with Gasteiger partial charge in [0.2, 0.25) is 0 Å². The lowest BCUT2D eigenvalue weighted by molar-refractivity contribution is 0.111. The van der Waals surface area contributed by atoms with E-state index >= 15 is 0 Å². The molecule has 0 aliphatic carbocycles. The summed E-state index contributed by atoms with van der Waals surface area (Å²) in [7, 11) is 0. The van der Waals surface area contributed by atoms with E-state index in [9.17, 15) is 4.79 Å². The summed E-state index contributed by atoms with van der Waals surface area (Å²) in [6.45, 7) is 0.346. The SMILES string of the molecule is O=Cc1cc(Cl)cc(Cl)c1OCc1ccc(I)cc1. The minimum Gasteiger partial charge on any atom is -0.487 e. The van der Waals surface area contributed by atoms with Crippen molar-refractivity contribution < 1.29 is 9.53 Å². The van der Waals surface area contributed by atoms with Gasteiger partial charge in [0, 0.05) is 8.59 Å². The van der Waals surface area contributed by atoms with Crippen molar-refractivity contribution in [3.63, 3.8) is 0 Å². The monoisotopic (exact) mass is 406 g/mol. The van der Waals surface area contributed by atoms with E-state index in [2.05, 4.69) is 22.6 Å². The number of halogens is 3. The molecule has 0 radical (unpaired) electrons. The van der Waals surface area contributed by atoms with Crippen LogP contribution in [0.3, 0.4) is 0 Å². The number of hydrogen-bond donors (Lipinski definition) is 0. The van der Waals surface area contributed by atoms with E-state index in [-0.39, 0.29) is 0 Å². The Balaban J connectivity index is 2.19. The normalized spacial score (nSPS) is 10.3. The largest absolute Gasteiger partial charge is 0.487 e. The molecule has 2 aromatic carbocycles. The number of ether oxygens (including phenoxy) is 1. The van der Waals surface area contributed by atoms with Crippen LogP contribution in [0, 0.1) is 3.57 Å². The Morgan fingerprint density at radius 1 is 1.16 bits per heavy atom. The Hall–Kier alpha value is -0.780. The van der Waals surface area contributed by atoms with Crippen molar-refractivity contribution in [1.82, 2.24) is 0 Å². The minimum atomic E-state index is 0.333. The van der Waals surface area contributed by atoms with Crippen molar-refractivity contribution in [2.24, 2.45) is 0 Å². The van der Waals surface area contributed by atoms with Crippen LogP contribution in [-0.2, 0) is 6.61 Å². The van der Waals surface area contributed by atoms with Crippen molar-refractivity contribution in [2.45, 2.75) is 6.61 Å². The summed E-state index contributed by atoms with van der Waals surface area (Å²) in [5.41, 5.74) is 1.35. The third kappa shape index (κ3) is 3.84. The van der Waals surface area contributed by atoms with Gasteiger partial charge >= 0.3 is 0 Å². The molecule has 0 spiro atoms. The Morgan fingerprint density at radius 3 is 2.47 bits per heavy atom. The van der Waals surface area contributed by atoms with Crippen molar-refractivity contribution in [2.75, 3.05) is 0 Å². The van der Waals surface area contributed by atoms with Crippen LogP contribution in [0.4, 0.5) is 0 Å². The van der Waals surface area contributed by atoms with E-state index in [1.54, 1.807) is 6.07 Å². The van der Waals surface area contributed by atoms with Crippen LogP contribution in [0.15, 0.2) is 36.4 Å². The highest BCUT2D eigenvalue weighted by Gasteiger charge is 2.10. The molecule has 0 aliphatic rings. The maximum Gasteiger partial charge on any atom is 0.153 e. The lowest BCUT2D eigenvalue weighted by Crippen LogP contribution is -1.99. The van der Waals surface area contributed by atoms with Crippen LogP contribution in [0.2, 0.25) is 10.0 Å². The fourth-order valence-corrected chi connectivity index (χ4v) is 2.48.